The molecule has 2 aromatic carbocycles. The molecular weight excluding hydrogens is 380 g/mol. The highest BCUT2D eigenvalue weighted by atomic mass is 16.5. The summed E-state index contributed by atoms with van der Waals surface area (Å²) in [5.41, 5.74) is 1.31. The van der Waals surface area contributed by atoms with Crippen LogP contribution >= 0.6 is 0 Å². The summed E-state index contributed by atoms with van der Waals surface area (Å²) in [5, 5.41) is 0. The van der Waals surface area contributed by atoms with Gasteiger partial charge in [-0.05, 0) is 55.2 Å². The van der Waals surface area contributed by atoms with Crippen molar-refractivity contribution in [3.8, 4) is 17.2 Å². The number of carbonyl (C=O) groups is 2. The standard InChI is InChI=1S/C25H26O5/c1-2-28-19-10-7-18(8-11-19)15-23-25(27)21-13-12-20(16-22(21)30-23)29-24(26)14-9-17-5-3-4-6-17/h7-8,10-13,15-17H,2-6,9,14H2,1H3/b23-15-. The Balaban J connectivity index is 1.39. The van der Waals surface area contributed by atoms with Gasteiger partial charge < -0.3 is 14.2 Å². The number of rotatable bonds is 7. The van der Waals surface area contributed by atoms with E-state index in [9.17, 15) is 9.59 Å². The fourth-order valence-corrected chi connectivity index (χ4v) is 4.01. The minimum absolute atomic E-state index is 0.182. The van der Waals surface area contributed by atoms with E-state index in [0.29, 0.717) is 36.0 Å². The lowest BCUT2D eigenvalue weighted by molar-refractivity contribution is -0.134. The molecule has 1 fully saturated rings. The maximum atomic E-state index is 12.6. The quantitative estimate of drug-likeness (QED) is 0.341. The summed E-state index contributed by atoms with van der Waals surface area (Å²) >= 11 is 0. The first kappa shape index (κ1) is 20.2. The van der Waals surface area contributed by atoms with Crippen molar-refractivity contribution in [3.63, 3.8) is 0 Å². The predicted octanol–water partition coefficient (Wildman–Crippen LogP) is 5.58. The summed E-state index contributed by atoms with van der Waals surface area (Å²) < 4.78 is 16.6. The summed E-state index contributed by atoms with van der Waals surface area (Å²) in [4.78, 5) is 24.8. The van der Waals surface area contributed by atoms with E-state index in [-0.39, 0.29) is 17.5 Å². The van der Waals surface area contributed by atoms with E-state index in [2.05, 4.69) is 0 Å². The molecule has 0 atom stereocenters. The zero-order valence-electron chi connectivity index (χ0n) is 17.2. The summed E-state index contributed by atoms with van der Waals surface area (Å²) in [5.74, 6) is 2.07. The fourth-order valence-electron chi connectivity index (χ4n) is 4.01. The van der Waals surface area contributed by atoms with Gasteiger partial charge in [0, 0.05) is 12.5 Å². The van der Waals surface area contributed by atoms with Gasteiger partial charge in [-0.25, -0.2) is 0 Å². The number of carbonyl (C=O) groups excluding carboxylic acids is 2. The van der Waals surface area contributed by atoms with E-state index >= 15 is 0 Å². The van der Waals surface area contributed by atoms with Gasteiger partial charge in [0.2, 0.25) is 5.78 Å². The first-order valence-corrected chi connectivity index (χ1v) is 10.6. The number of ether oxygens (including phenoxy) is 3. The average molecular weight is 406 g/mol. The van der Waals surface area contributed by atoms with Crippen LogP contribution in [0.3, 0.4) is 0 Å². The van der Waals surface area contributed by atoms with Gasteiger partial charge in [0.15, 0.2) is 5.76 Å². The molecule has 5 nitrogen and oxygen atoms in total. The maximum absolute atomic E-state index is 12.6. The SMILES string of the molecule is CCOc1ccc(/C=C2\Oc3cc(OC(=O)CCC4CCCC4)ccc3C2=O)cc1. The van der Waals surface area contributed by atoms with Crippen LogP contribution in [-0.2, 0) is 4.79 Å². The van der Waals surface area contributed by atoms with Gasteiger partial charge in [0.1, 0.15) is 17.2 Å². The summed E-state index contributed by atoms with van der Waals surface area (Å²) in [6, 6.07) is 12.4. The highest BCUT2D eigenvalue weighted by Crippen LogP contribution is 2.35. The second-order valence-corrected chi connectivity index (χ2v) is 7.76. The molecule has 156 valence electrons. The maximum Gasteiger partial charge on any atom is 0.311 e. The molecule has 4 rings (SSSR count). The van der Waals surface area contributed by atoms with E-state index in [1.165, 1.54) is 25.7 Å². The Morgan fingerprint density at radius 1 is 1.10 bits per heavy atom. The van der Waals surface area contributed by atoms with Gasteiger partial charge in [0.25, 0.3) is 0 Å². The van der Waals surface area contributed by atoms with Crippen molar-refractivity contribution in [2.75, 3.05) is 6.61 Å². The first-order valence-electron chi connectivity index (χ1n) is 10.6. The molecule has 0 bridgehead atoms. The van der Waals surface area contributed by atoms with Crippen LogP contribution in [0.5, 0.6) is 17.2 Å². The Labute approximate surface area is 176 Å². The number of allylic oxidation sites excluding steroid dienone is 1. The number of hydrogen-bond donors (Lipinski definition) is 0. The van der Waals surface area contributed by atoms with Crippen LogP contribution in [0.15, 0.2) is 48.2 Å². The molecule has 0 amide bonds. The van der Waals surface area contributed by atoms with Crippen molar-refractivity contribution in [1.82, 2.24) is 0 Å². The molecule has 30 heavy (non-hydrogen) atoms. The van der Waals surface area contributed by atoms with Gasteiger partial charge in [-0.2, -0.15) is 0 Å². The van der Waals surface area contributed by atoms with Crippen LogP contribution < -0.4 is 14.2 Å². The zero-order valence-corrected chi connectivity index (χ0v) is 17.2. The molecule has 0 radical (unpaired) electrons. The third-order valence-corrected chi connectivity index (χ3v) is 5.59. The van der Waals surface area contributed by atoms with Crippen molar-refractivity contribution in [1.29, 1.82) is 0 Å². The normalized spacial score (nSPS) is 17.1. The lowest BCUT2D eigenvalue weighted by atomic mass is 10.0. The number of fused-ring (bicyclic) bond motifs is 1. The summed E-state index contributed by atoms with van der Waals surface area (Å²) in [7, 11) is 0. The summed E-state index contributed by atoms with van der Waals surface area (Å²) in [6.07, 6.45) is 7.96. The van der Waals surface area contributed by atoms with Gasteiger partial charge in [-0.15, -0.1) is 0 Å². The molecule has 5 heteroatoms. The molecule has 1 aliphatic carbocycles. The van der Waals surface area contributed by atoms with Crippen LogP contribution in [0.4, 0.5) is 0 Å². The van der Waals surface area contributed by atoms with Crippen molar-refractivity contribution >= 4 is 17.8 Å². The number of benzene rings is 2. The number of Topliss-reactive ketones (excluding diaryl/α,β-unsaturated/α-hetero) is 1. The van der Waals surface area contributed by atoms with E-state index in [1.807, 2.05) is 31.2 Å². The Morgan fingerprint density at radius 2 is 1.83 bits per heavy atom. The Kier molecular flexibility index (Phi) is 6.17. The Hall–Kier alpha value is -3.08. The minimum Gasteiger partial charge on any atom is -0.494 e. The third kappa shape index (κ3) is 4.73. The molecule has 0 unspecified atom stereocenters. The molecule has 1 aliphatic heterocycles. The number of ketones is 1. The van der Waals surface area contributed by atoms with Crippen LogP contribution in [0.1, 0.15) is 61.4 Å². The van der Waals surface area contributed by atoms with Gasteiger partial charge >= 0.3 is 5.97 Å². The lowest BCUT2D eigenvalue weighted by Gasteiger charge is -2.09. The van der Waals surface area contributed by atoms with Crippen LogP contribution in [-0.4, -0.2) is 18.4 Å². The van der Waals surface area contributed by atoms with E-state index in [0.717, 1.165) is 17.7 Å². The second-order valence-electron chi connectivity index (χ2n) is 7.76. The molecule has 0 aromatic heterocycles. The third-order valence-electron chi connectivity index (χ3n) is 5.59. The number of hydrogen-bond acceptors (Lipinski definition) is 5. The van der Waals surface area contributed by atoms with Gasteiger partial charge in [-0.1, -0.05) is 37.8 Å². The van der Waals surface area contributed by atoms with Crippen molar-refractivity contribution in [2.45, 2.75) is 45.4 Å². The molecule has 0 N–H and O–H groups in total. The lowest BCUT2D eigenvalue weighted by Crippen LogP contribution is -2.09. The molecule has 2 aliphatic rings. The topological polar surface area (TPSA) is 61.8 Å². The van der Waals surface area contributed by atoms with E-state index in [1.54, 1.807) is 24.3 Å². The smallest absolute Gasteiger partial charge is 0.311 e. The second kappa shape index (κ2) is 9.16. The fraction of sp³-hybridized carbons (Fsp3) is 0.360. The monoisotopic (exact) mass is 406 g/mol. The Morgan fingerprint density at radius 3 is 2.57 bits per heavy atom. The highest BCUT2D eigenvalue weighted by molar-refractivity contribution is 6.14. The van der Waals surface area contributed by atoms with Gasteiger partial charge in [-0.3, -0.25) is 9.59 Å². The van der Waals surface area contributed by atoms with Crippen molar-refractivity contribution < 1.29 is 23.8 Å². The van der Waals surface area contributed by atoms with Gasteiger partial charge in [0.05, 0.1) is 12.2 Å². The predicted molar refractivity (Wildman–Crippen MR) is 114 cm³/mol. The first-order chi connectivity index (χ1) is 14.6. The zero-order chi connectivity index (χ0) is 20.9. The summed E-state index contributed by atoms with van der Waals surface area (Å²) in [6.45, 7) is 2.53. The molecule has 1 saturated carbocycles. The van der Waals surface area contributed by atoms with Crippen LogP contribution in [0.2, 0.25) is 0 Å². The highest BCUT2D eigenvalue weighted by Gasteiger charge is 2.28. The Bertz CT molecular complexity index is 952. The molecule has 0 saturated heterocycles. The van der Waals surface area contributed by atoms with Crippen LogP contribution in [0.25, 0.3) is 6.08 Å². The molecule has 2 aromatic rings. The van der Waals surface area contributed by atoms with Crippen molar-refractivity contribution in [3.05, 3.63) is 59.4 Å². The minimum atomic E-state index is -0.240. The van der Waals surface area contributed by atoms with E-state index in [4.69, 9.17) is 14.2 Å². The molecule has 0 spiro atoms. The largest absolute Gasteiger partial charge is 0.494 e. The number of esters is 1. The average Bonchev–Trinajstić information content (AvgIpc) is 3.36. The van der Waals surface area contributed by atoms with E-state index < -0.39 is 0 Å². The van der Waals surface area contributed by atoms with Crippen molar-refractivity contribution in [2.24, 2.45) is 5.92 Å². The van der Waals surface area contributed by atoms with Crippen LogP contribution in [0, 0.1) is 5.92 Å². The molecular formula is C25H26O5. The molecule has 1 heterocycles.